The largest absolute Gasteiger partial charge is 0.330 e. The fraction of sp³-hybridized carbons (Fsp3) is 0.500. The Balaban J connectivity index is 2.49. The molecule has 0 unspecified atom stereocenters. The van der Waals surface area contributed by atoms with Crippen LogP contribution in [0.2, 0.25) is 0 Å². The first-order valence-corrected chi connectivity index (χ1v) is 4.38. The van der Waals surface area contributed by atoms with Crippen molar-refractivity contribution in [1.29, 1.82) is 0 Å². The number of hydrogen-bond acceptors (Lipinski definition) is 1. The van der Waals surface area contributed by atoms with Crippen molar-refractivity contribution in [2.45, 2.75) is 33.1 Å². The second kappa shape index (κ2) is 4.10. The molecule has 1 amide bonds. The molecule has 0 aromatic heterocycles. The van der Waals surface area contributed by atoms with Gasteiger partial charge in [0.25, 0.3) is 0 Å². The first kappa shape index (κ1) is 9.04. The third kappa shape index (κ3) is 2.53. The molecular formula is C10H15NO. The molecule has 0 aromatic rings. The van der Waals surface area contributed by atoms with E-state index in [2.05, 4.69) is 18.3 Å². The van der Waals surface area contributed by atoms with Gasteiger partial charge in [-0.25, -0.2) is 0 Å². The van der Waals surface area contributed by atoms with Gasteiger partial charge < -0.3 is 5.32 Å². The maximum Gasteiger partial charge on any atom is 0.223 e. The highest BCUT2D eigenvalue weighted by molar-refractivity contribution is 5.77. The topological polar surface area (TPSA) is 29.1 Å². The average molecular weight is 165 g/mol. The fourth-order valence-electron chi connectivity index (χ4n) is 1.11. The normalized spacial score (nSPS) is 16.5. The fourth-order valence-corrected chi connectivity index (χ4v) is 1.11. The lowest BCUT2D eigenvalue weighted by atomic mass is 10.0. The molecule has 2 heteroatoms. The summed E-state index contributed by atoms with van der Waals surface area (Å²) >= 11 is 0. The Labute approximate surface area is 73.4 Å². The molecule has 0 saturated carbocycles. The van der Waals surface area contributed by atoms with Gasteiger partial charge in [-0.05, 0) is 25.8 Å². The van der Waals surface area contributed by atoms with Crippen LogP contribution in [0.5, 0.6) is 0 Å². The van der Waals surface area contributed by atoms with E-state index in [1.807, 2.05) is 13.0 Å². The Morgan fingerprint density at radius 2 is 2.25 bits per heavy atom. The van der Waals surface area contributed by atoms with Gasteiger partial charge in [0.05, 0.1) is 0 Å². The third-order valence-corrected chi connectivity index (χ3v) is 1.98. The van der Waals surface area contributed by atoms with Crippen molar-refractivity contribution in [1.82, 2.24) is 5.32 Å². The Bertz CT molecular complexity index is 238. The summed E-state index contributed by atoms with van der Waals surface area (Å²) in [6.07, 6.45) is 6.64. The van der Waals surface area contributed by atoms with Crippen LogP contribution in [0.3, 0.4) is 0 Å². The van der Waals surface area contributed by atoms with Gasteiger partial charge in [-0.2, -0.15) is 0 Å². The SMILES string of the molecule is CCC(=O)NC1=CC=C(C)CC1. The number of nitrogens with one attached hydrogen (secondary N) is 1. The average Bonchev–Trinajstić information content (AvgIpc) is 2.09. The summed E-state index contributed by atoms with van der Waals surface area (Å²) in [5.41, 5.74) is 2.43. The molecule has 12 heavy (non-hydrogen) atoms. The van der Waals surface area contributed by atoms with E-state index in [4.69, 9.17) is 0 Å². The van der Waals surface area contributed by atoms with Gasteiger partial charge in [0.2, 0.25) is 5.91 Å². The lowest BCUT2D eigenvalue weighted by Gasteiger charge is -2.12. The molecule has 1 rings (SSSR count). The molecule has 0 atom stereocenters. The van der Waals surface area contributed by atoms with Gasteiger partial charge in [0, 0.05) is 12.1 Å². The quantitative estimate of drug-likeness (QED) is 0.667. The predicted octanol–water partition coefficient (Wildman–Crippen LogP) is 2.14. The minimum absolute atomic E-state index is 0.106. The summed E-state index contributed by atoms with van der Waals surface area (Å²) in [6.45, 7) is 3.97. The number of allylic oxidation sites excluding steroid dienone is 4. The lowest BCUT2D eigenvalue weighted by molar-refractivity contribution is -0.120. The number of rotatable bonds is 2. The minimum atomic E-state index is 0.106. The molecule has 0 spiro atoms. The summed E-state index contributed by atoms with van der Waals surface area (Å²) in [6, 6.07) is 0. The van der Waals surface area contributed by atoms with Crippen molar-refractivity contribution in [2.24, 2.45) is 0 Å². The molecular weight excluding hydrogens is 150 g/mol. The van der Waals surface area contributed by atoms with E-state index in [0.717, 1.165) is 18.5 Å². The van der Waals surface area contributed by atoms with Gasteiger partial charge in [0.15, 0.2) is 0 Å². The van der Waals surface area contributed by atoms with Gasteiger partial charge in [-0.3, -0.25) is 4.79 Å². The summed E-state index contributed by atoms with van der Waals surface area (Å²) < 4.78 is 0. The molecule has 0 heterocycles. The van der Waals surface area contributed by atoms with Crippen LogP contribution in [-0.4, -0.2) is 5.91 Å². The Hall–Kier alpha value is -1.05. The highest BCUT2D eigenvalue weighted by atomic mass is 16.1. The van der Waals surface area contributed by atoms with Crippen molar-refractivity contribution in [2.75, 3.05) is 0 Å². The number of hydrogen-bond donors (Lipinski definition) is 1. The smallest absolute Gasteiger partial charge is 0.223 e. The molecule has 0 saturated heterocycles. The highest BCUT2D eigenvalue weighted by Gasteiger charge is 2.05. The van der Waals surface area contributed by atoms with Crippen LogP contribution in [-0.2, 0) is 4.79 Å². The van der Waals surface area contributed by atoms with Crippen LogP contribution >= 0.6 is 0 Å². The van der Waals surface area contributed by atoms with Gasteiger partial charge in [-0.15, -0.1) is 0 Å². The molecule has 1 aliphatic carbocycles. The summed E-state index contributed by atoms with van der Waals surface area (Å²) in [5.74, 6) is 0.106. The van der Waals surface area contributed by atoms with Crippen LogP contribution in [0.15, 0.2) is 23.4 Å². The van der Waals surface area contributed by atoms with Gasteiger partial charge in [0.1, 0.15) is 0 Å². The summed E-state index contributed by atoms with van der Waals surface area (Å²) in [5, 5.41) is 2.87. The van der Waals surface area contributed by atoms with Crippen molar-refractivity contribution in [3.8, 4) is 0 Å². The van der Waals surface area contributed by atoms with E-state index in [1.165, 1.54) is 5.57 Å². The molecule has 1 aliphatic rings. The number of amides is 1. The van der Waals surface area contributed by atoms with E-state index in [9.17, 15) is 4.79 Å². The van der Waals surface area contributed by atoms with Crippen LogP contribution in [0.1, 0.15) is 33.1 Å². The summed E-state index contributed by atoms with van der Waals surface area (Å²) in [7, 11) is 0. The van der Waals surface area contributed by atoms with E-state index >= 15 is 0 Å². The third-order valence-electron chi connectivity index (χ3n) is 1.98. The van der Waals surface area contributed by atoms with Gasteiger partial charge in [-0.1, -0.05) is 18.6 Å². The monoisotopic (exact) mass is 165 g/mol. The van der Waals surface area contributed by atoms with Crippen LogP contribution in [0, 0.1) is 0 Å². The van der Waals surface area contributed by atoms with Crippen molar-refractivity contribution in [3.05, 3.63) is 23.4 Å². The van der Waals surface area contributed by atoms with E-state index in [-0.39, 0.29) is 5.91 Å². The molecule has 0 aliphatic heterocycles. The first-order valence-electron chi connectivity index (χ1n) is 4.38. The zero-order valence-electron chi connectivity index (χ0n) is 7.68. The van der Waals surface area contributed by atoms with Crippen molar-refractivity contribution >= 4 is 5.91 Å². The summed E-state index contributed by atoms with van der Waals surface area (Å²) in [4.78, 5) is 11.0. The molecule has 0 radical (unpaired) electrons. The Morgan fingerprint density at radius 1 is 1.50 bits per heavy atom. The molecule has 0 bridgehead atoms. The second-order valence-corrected chi connectivity index (χ2v) is 3.11. The highest BCUT2D eigenvalue weighted by Crippen LogP contribution is 2.15. The second-order valence-electron chi connectivity index (χ2n) is 3.11. The zero-order valence-corrected chi connectivity index (χ0v) is 7.68. The molecule has 0 aromatic carbocycles. The molecule has 66 valence electrons. The molecule has 2 nitrogen and oxygen atoms in total. The standard InChI is InChI=1S/C10H15NO/c1-3-10(12)11-9-6-4-8(2)5-7-9/h4,6H,3,5,7H2,1-2H3,(H,11,12). The van der Waals surface area contributed by atoms with E-state index in [0.29, 0.717) is 6.42 Å². The zero-order chi connectivity index (χ0) is 8.97. The molecule has 1 N–H and O–H groups in total. The minimum Gasteiger partial charge on any atom is -0.330 e. The van der Waals surface area contributed by atoms with E-state index < -0.39 is 0 Å². The lowest BCUT2D eigenvalue weighted by Crippen LogP contribution is -2.22. The Kier molecular flexibility index (Phi) is 3.09. The maximum absolute atomic E-state index is 11.0. The number of carbonyl (C=O) groups is 1. The number of carbonyl (C=O) groups excluding carboxylic acids is 1. The molecule has 0 fully saturated rings. The first-order chi connectivity index (χ1) is 5.72. The van der Waals surface area contributed by atoms with Gasteiger partial charge >= 0.3 is 0 Å². The predicted molar refractivity (Wildman–Crippen MR) is 49.5 cm³/mol. The van der Waals surface area contributed by atoms with Crippen LogP contribution in [0.25, 0.3) is 0 Å². The maximum atomic E-state index is 11.0. The van der Waals surface area contributed by atoms with E-state index in [1.54, 1.807) is 0 Å². The van der Waals surface area contributed by atoms with Crippen LogP contribution < -0.4 is 5.32 Å². The van der Waals surface area contributed by atoms with Crippen molar-refractivity contribution in [3.63, 3.8) is 0 Å². The Morgan fingerprint density at radius 3 is 2.75 bits per heavy atom. The van der Waals surface area contributed by atoms with Crippen molar-refractivity contribution < 1.29 is 4.79 Å². The van der Waals surface area contributed by atoms with Crippen LogP contribution in [0.4, 0.5) is 0 Å².